The number of benzene rings is 2. The molecule has 0 radical (unpaired) electrons. The number of aromatic hydroxyl groups is 2. The topological polar surface area (TPSA) is 157 Å². The highest BCUT2D eigenvalue weighted by atomic mass is 16.3. The van der Waals surface area contributed by atoms with Crippen molar-refractivity contribution in [3.63, 3.8) is 0 Å². The minimum absolute atomic E-state index is 0.0931. The Morgan fingerprint density at radius 2 is 0.870 bits per heavy atom. The van der Waals surface area contributed by atoms with E-state index in [0.29, 0.717) is 25.7 Å². The van der Waals surface area contributed by atoms with Crippen LogP contribution in [0.3, 0.4) is 0 Å². The maximum atomic E-state index is 12.3. The SMILES string of the molecule is CCCCCc1ccc(C(=O)NNC(=O)CCCCCCCCCCC(=O)NNC(=O)c2ccc(CCCCC)cc2O)c(O)c1. The van der Waals surface area contributed by atoms with Crippen LogP contribution in [0.15, 0.2) is 36.4 Å². The summed E-state index contributed by atoms with van der Waals surface area (Å²) in [5.41, 5.74) is 11.8. The van der Waals surface area contributed by atoms with E-state index in [9.17, 15) is 29.4 Å². The molecule has 0 unspecified atom stereocenters. The zero-order valence-corrected chi connectivity index (χ0v) is 27.7. The van der Waals surface area contributed by atoms with E-state index in [2.05, 4.69) is 35.6 Å². The van der Waals surface area contributed by atoms with Gasteiger partial charge in [0.25, 0.3) is 11.8 Å². The molecule has 0 saturated heterocycles. The number of hydrogen-bond acceptors (Lipinski definition) is 6. The summed E-state index contributed by atoms with van der Waals surface area (Å²) in [5, 5.41) is 20.4. The first kappa shape index (κ1) is 38.1. The summed E-state index contributed by atoms with van der Waals surface area (Å²) in [6, 6.07) is 10.0. The van der Waals surface area contributed by atoms with Crippen molar-refractivity contribution in [2.24, 2.45) is 0 Å². The van der Waals surface area contributed by atoms with Gasteiger partial charge in [-0.1, -0.05) is 90.2 Å². The van der Waals surface area contributed by atoms with Gasteiger partial charge in [-0.15, -0.1) is 0 Å². The summed E-state index contributed by atoms with van der Waals surface area (Å²) in [6.07, 6.45) is 16.1. The molecule has 10 heteroatoms. The number of phenolic OH excluding ortho intramolecular Hbond substituents is 2. The van der Waals surface area contributed by atoms with Crippen molar-refractivity contribution in [1.29, 1.82) is 0 Å². The Hall–Kier alpha value is -4.08. The summed E-state index contributed by atoms with van der Waals surface area (Å²) in [7, 11) is 0. The van der Waals surface area contributed by atoms with Crippen molar-refractivity contribution in [2.45, 2.75) is 129 Å². The van der Waals surface area contributed by atoms with Gasteiger partial charge in [-0.05, 0) is 73.9 Å². The largest absolute Gasteiger partial charge is 0.507 e. The van der Waals surface area contributed by atoms with Crippen LogP contribution in [0.1, 0.15) is 148 Å². The number of unbranched alkanes of at least 4 members (excludes halogenated alkanes) is 11. The van der Waals surface area contributed by atoms with Crippen LogP contribution in [0.4, 0.5) is 0 Å². The zero-order chi connectivity index (χ0) is 33.6. The minimum atomic E-state index is -0.549. The quantitative estimate of drug-likeness (QED) is 0.0661. The molecule has 0 aliphatic rings. The Labute approximate surface area is 274 Å². The van der Waals surface area contributed by atoms with E-state index in [1.165, 1.54) is 0 Å². The number of carbonyl (C=O) groups excluding carboxylic acids is 4. The maximum Gasteiger partial charge on any atom is 0.273 e. The average molecular weight is 639 g/mol. The molecule has 2 aromatic rings. The number of nitrogens with one attached hydrogen (secondary N) is 4. The second-order valence-corrected chi connectivity index (χ2v) is 12.0. The Balaban J connectivity index is 1.47. The third-order valence-electron chi connectivity index (χ3n) is 7.94. The molecule has 4 amide bonds. The normalized spacial score (nSPS) is 10.7. The van der Waals surface area contributed by atoms with E-state index >= 15 is 0 Å². The lowest BCUT2D eigenvalue weighted by Crippen LogP contribution is -2.41. The molecular weight excluding hydrogens is 584 g/mol. The first-order chi connectivity index (χ1) is 22.2. The molecule has 6 N–H and O–H groups in total. The van der Waals surface area contributed by atoms with Crippen LogP contribution in [0, 0.1) is 0 Å². The first-order valence-electron chi connectivity index (χ1n) is 17.1. The molecule has 254 valence electrons. The summed E-state index contributed by atoms with van der Waals surface area (Å²) >= 11 is 0. The van der Waals surface area contributed by atoms with E-state index in [1.807, 2.05) is 12.1 Å². The average Bonchev–Trinajstić information content (AvgIpc) is 3.03. The highest BCUT2D eigenvalue weighted by Gasteiger charge is 2.14. The number of hydrogen-bond donors (Lipinski definition) is 6. The molecule has 0 bridgehead atoms. The molecule has 2 rings (SSSR count). The predicted molar refractivity (Wildman–Crippen MR) is 180 cm³/mol. The Morgan fingerprint density at radius 1 is 0.500 bits per heavy atom. The van der Waals surface area contributed by atoms with Crippen molar-refractivity contribution in [1.82, 2.24) is 21.7 Å². The van der Waals surface area contributed by atoms with Crippen molar-refractivity contribution >= 4 is 23.6 Å². The van der Waals surface area contributed by atoms with Crippen molar-refractivity contribution in [3.05, 3.63) is 58.7 Å². The van der Waals surface area contributed by atoms with Gasteiger partial charge in [0.15, 0.2) is 0 Å². The fourth-order valence-corrected chi connectivity index (χ4v) is 5.15. The second kappa shape index (κ2) is 22.4. The Bertz CT molecular complexity index is 1150. The van der Waals surface area contributed by atoms with Gasteiger partial charge in [0.2, 0.25) is 11.8 Å². The van der Waals surface area contributed by atoms with E-state index < -0.39 is 11.8 Å². The highest BCUT2D eigenvalue weighted by molar-refractivity contribution is 5.98. The van der Waals surface area contributed by atoms with E-state index in [4.69, 9.17) is 0 Å². The molecule has 0 fully saturated rings. The van der Waals surface area contributed by atoms with Gasteiger partial charge in [-0.3, -0.25) is 40.9 Å². The van der Waals surface area contributed by atoms with E-state index in [0.717, 1.165) is 101 Å². The molecule has 0 spiro atoms. The minimum Gasteiger partial charge on any atom is -0.507 e. The number of rotatable bonds is 21. The number of amides is 4. The van der Waals surface area contributed by atoms with Gasteiger partial charge in [0, 0.05) is 12.8 Å². The van der Waals surface area contributed by atoms with Crippen LogP contribution < -0.4 is 21.7 Å². The Morgan fingerprint density at radius 3 is 1.22 bits per heavy atom. The van der Waals surface area contributed by atoms with Crippen LogP contribution in [-0.2, 0) is 22.4 Å². The van der Waals surface area contributed by atoms with Crippen LogP contribution >= 0.6 is 0 Å². The third-order valence-corrected chi connectivity index (χ3v) is 7.94. The summed E-state index contributed by atoms with van der Waals surface area (Å²) in [6.45, 7) is 4.26. The van der Waals surface area contributed by atoms with Gasteiger partial charge in [-0.2, -0.15) is 0 Å². The highest BCUT2D eigenvalue weighted by Crippen LogP contribution is 2.21. The lowest BCUT2D eigenvalue weighted by Gasteiger charge is -2.10. The van der Waals surface area contributed by atoms with Crippen LogP contribution in [-0.4, -0.2) is 33.8 Å². The van der Waals surface area contributed by atoms with Gasteiger partial charge in [-0.25, -0.2) is 0 Å². The van der Waals surface area contributed by atoms with Crippen molar-refractivity contribution in [2.75, 3.05) is 0 Å². The molecule has 46 heavy (non-hydrogen) atoms. The monoisotopic (exact) mass is 638 g/mol. The van der Waals surface area contributed by atoms with Crippen LogP contribution in [0.25, 0.3) is 0 Å². The number of aryl methyl sites for hydroxylation is 2. The maximum absolute atomic E-state index is 12.3. The molecule has 0 heterocycles. The standard InChI is InChI=1S/C36H54N4O6/c1-3-5-13-17-27-21-23-29(31(41)25-27)35(45)39-37-33(43)19-15-11-9-7-8-10-12-16-20-34(44)38-40-36(46)30-24-22-28(26-32(30)42)18-14-6-4-2/h21-26,41-42H,3-20H2,1-2H3,(H,37,43)(H,38,44)(H,39,45)(H,40,46). The number of phenols is 2. The van der Waals surface area contributed by atoms with Crippen molar-refractivity contribution in [3.8, 4) is 11.5 Å². The summed E-state index contributed by atoms with van der Waals surface area (Å²) in [4.78, 5) is 48.9. The molecule has 0 aliphatic carbocycles. The van der Waals surface area contributed by atoms with Gasteiger partial charge in [0.1, 0.15) is 11.5 Å². The molecule has 0 saturated carbocycles. The van der Waals surface area contributed by atoms with E-state index in [1.54, 1.807) is 24.3 Å². The van der Waals surface area contributed by atoms with Gasteiger partial charge < -0.3 is 10.2 Å². The first-order valence-corrected chi connectivity index (χ1v) is 17.1. The smallest absolute Gasteiger partial charge is 0.273 e. The zero-order valence-electron chi connectivity index (χ0n) is 27.7. The third kappa shape index (κ3) is 15.3. The van der Waals surface area contributed by atoms with E-state index in [-0.39, 0.29) is 34.4 Å². The molecule has 0 aliphatic heterocycles. The summed E-state index contributed by atoms with van der Waals surface area (Å²) in [5.74, 6) is -1.83. The fourth-order valence-electron chi connectivity index (χ4n) is 5.15. The van der Waals surface area contributed by atoms with Crippen LogP contribution in [0.2, 0.25) is 0 Å². The van der Waals surface area contributed by atoms with Crippen LogP contribution in [0.5, 0.6) is 11.5 Å². The van der Waals surface area contributed by atoms with Gasteiger partial charge >= 0.3 is 0 Å². The number of hydrazine groups is 2. The fraction of sp³-hybridized carbons (Fsp3) is 0.556. The summed E-state index contributed by atoms with van der Waals surface area (Å²) < 4.78 is 0. The van der Waals surface area contributed by atoms with Gasteiger partial charge in [0.05, 0.1) is 11.1 Å². The molecule has 2 aromatic carbocycles. The lowest BCUT2D eigenvalue weighted by atomic mass is 10.0. The molecular formula is C36H54N4O6. The lowest BCUT2D eigenvalue weighted by molar-refractivity contribution is -0.122. The van der Waals surface area contributed by atoms with Crippen molar-refractivity contribution < 1.29 is 29.4 Å². The number of carbonyl (C=O) groups is 4. The molecule has 10 nitrogen and oxygen atoms in total. The Kier molecular flexibility index (Phi) is 18.6. The predicted octanol–water partition coefficient (Wildman–Crippen LogP) is 6.69. The molecule has 0 atom stereocenters. The molecule has 0 aromatic heterocycles. The second-order valence-electron chi connectivity index (χ2n) is 12.0.